The monoisotopic (exact) mass is 294 g/mol. The second-order valence-corrected chi connectivity index (χ2v) is 5.82. The van der Waals surface area contributed by atoms with E-state index in [4.69, 9.17) is 0 Å². The van der Waals surface area contributed by atoms with Crippen LogP contribution in [0.2, 0.25) is 0 Å². The highest BCUT2D eigenvalue weighted by molar-refractivity contribution is 7.12. The van der Waals surface area contributed by atoms with Crippen molar-refractivity contribution in [2.75, 3.05) is 6.54 Å². The van der Waals surface area contributed by atoms with Gasteiger partial charge in [0.25, 0.3) is 5.91 Å². The SMILES string of the molecule is O=C(CCNC(=O)c1cccs1)NCc1cccs1. The van der Waals surface area contributed by atoms with Crippen LogP contribution in [-0.4, -0.2) is 18.4 Å². The molecule has 0 fully saturated rings. The first kappa shape index (κ1) is 13.8. The number of nitrogens with one attached hydrogen (secondary N) is 2. The Morgan fingerprint density at radius 1 is 1.05 bits per heavy atom. The Kier molecular flexibility index (Phi) is 5.11. The van der Waals surface area contributed by atoms with Crippen molar-refractivity contribution in [3.05, 3.63) is 44.8 Å². The molecule has 0 aliphatic heterocycles. The van der Waals surface area contributed by atoms with Crippen molar-refractivity contribution in [2.45, 2.75) is 13.0 Å². The molecule has 6 heteroatoms. The van der Waals surface area contributed by atoms with E-state index in [-0.39, 0.29) is 11.8 Å². The van der Waals surface area contributed by atoms with Gasteiger partial charge < -0.3 is 10.6 Å². The van der Waals surface area contributed by atoms with Crippen molar-refractivity contribution in [1.29, 1.82) is 0 Å². The first-order valence-electron chi connectivity index (χ1n) is 5.86. The van der Waals surface area contributed by atoms with Gasteiger partial charge >= 0.3 is 0 Å². The summed E-state index contributed by atoms with van der Waals surface area (Å²) >= 11 is 3.00. The molecule has 2 rings (SSSR count). The fourth-order valence-corrected chi connectivity index (χ4v) is 2.76. The Morgan fingerprint density at radius 2 is 1.84 bits per heavy atom. The Morgan fingerprint density at radius 3 is 2.53 bits per heavy atom. The summed E-state index contributed by atoms with van der Waals surface area (Å²) < 4.78 is 0. The highest BCUT2D eigenvalue weighted by Gasteiger charge is 2.07. The highest BCUT2D eigenvalue weighted by Crippen LogP contribution is 2.08. The Labute approximate surface area is 119 Å². The molecule has 0 aromatic carbocycles. The van der Waals surface area contributed by atoms with Crippen LogP contribution in [0.25, 0.3) is 0 Å². The normalized spacial score (nSPS) is 10.1. The molecule has 4 nitrogen and oxygen atoms in total. The van der Waals surface area contributed by atoms with Crippen LogP contribution in [0.3, 0.4) is 0 Å². The number of thiophene rings is 2. The maximum absolute atomic E-state index is 11.6. The number of carbonyl (C=O) groups excluding carboxylic acids is 2. The molecule has 0 atom stereocenters. The van der Waals surface area contributed by atoms with Crippen molar-refractivity contribution in [1.82, 2.24) is 10.6 Å². The summed E-state index contributed by atoms with van der Waals surface area (Å²) in [7, 11) is 0. The lowest BCUT2D eigenvalue weighted by Crippen LogP contribution is -2.30. The summed E-state index contributed by atoms with van der Waals surface area (Å²) in [6, 6.07) is 7.51. The minimum absolute atomic E-state index is 0.0557. The van der Waals surface area contributed by atoms with Gasteiger partial charge in [0, 0.05) is 17.8 Å². The minimum Gasteiger partial charge on any atom is -0.351 e. The van der Waals surface area contributed by atoms with Gasteiger partial charge in [-0.05, 0) is 22.9 Å². The minimum atomic E-state index is -0.124. The predicted octanol–water partition coefficient (Wildman–Crippen LogP) is 2.25. The molecule has 0 aliphatic carbocycles. The molecule has 0 bridgehead atoms. The second-order valence-electron chi connectivity index (χ2n) is 3.84. The zero-order valence-corrected chi connectivity index (χ0v) is 11.9. The molecule has 0 unspecified atom stereocenters. The van der Waals surface area contributed by atoms with E-state index in [1.807, 2.05) is 29.0 Å². The number of hydrogen-bond acceptors (Lipinski definition) is 4. The Hall–Kier alpha value is -1.66. The van der Waals surface area contributed by atoms with E-state index >= 15 is 0 Å². The third-order valence-electron chi connectivity index (χ3n) is 2.42. The van der Waals surface area contributed by atoms with Crippen LogP contribution in [-0.2, 0) is 11.3 Å². The van der Waals surface area contributed by atoms with Gasteiger partial charge in [-0.3, -0.25) is 9.59 Å². The number of amides is 2. The molecule has 2 aromatic heterocycles. The third-order valence-corrected chi connectivity index (χ3v) is 4.17. The van der Waals surface area contributed by atoms with Gasteiger partial charge in [0.1, 0.15) is 0 Å². The van der Waals surface area contributed by atoms with Crippen molar-refractivity contribution in [3.8, 4) is 0 Å². The Balaban J connectivity index is 1.63. The molecule has 100 valence electrons. The lowest BCUT2D eigenvalue weighted by molar-refractivity contribution is -0.121. The second kappa shape index (κ2) is 7.06. The van der Waals surface area contributed by atoms with Crippen molar-refractivity contribution >= 4 is 34.5 Å². The van der Waals surface area contributed by atoms with Gasteiger partial charge in [-0.25, -0.2) is 0 Å². The van der Waals surface area contributed by atoms with Gasteiger partial charge in [-0.2, -0.15) is 0 Å². The van der Waals surface area contributed by atoms with E-state index < -0.39 is 0 Å². The van der Waals surface area contributed by atoms with E-state index in [1.165, 1.54) is 11.3 Å². The van der Waals surface area contributed by atoms with Crippen LogP contribution in [0.15, 0.2) is 35.0 Å². The van der Waals surface area contributed by atoms with Crippen molar-refractivity contribution < 1.29 is 9.59 Å². The average molecular weight is 294 g/mol. The maximum atomic E-state index is 11.6. The third kappa shape index (κ3) is 4.50. The van der Waals surface area contributed by atoms with Crippen LogP contribution in [0.4, 0.5) is 0 Å². The van der Waals surface area contributed by atoms with E-state index in [1.54, 1.807) is 17.4 Å². The topological polar surface area (TPSA) is 58.2 Å². The number of hydrogen-bond donors (Lipinski definition) is 2. The first-order chi connectivity index (χ1) is 9.25. The molecule has 2 heterocycles. The zero-order chi connectivity index (χ0) is 13.5. The smallest absolute Gasteiger partial charge is 0.261 e. The maximum Gasteiger partial charge on any atom is 0.261 e. The summed E-state index contributed by atoms with van der Waals surface area (Å²) in [5.41, 5.74) is 0. The molecule has 0 spiro atoms. The number of rotatable bonds is 6. The standard InChI is InChI=1S/C13H14N2O2S2/c16-12(15-9-10-3-1-7-18-10)5-6-14-13(17)11-4-2-8-19-11/h1-4,7-8H,5-6,9H2,(H,14,17)(H,15,16). The van der Waals surface area contributed by atoms with Crippen LogP contribution >= 0.6 is 22.7 Å². The quantitative estimate of drug-likeness (QED) is 0.858. The highest BCUT2D eigenvalue weighted by atomic mass is 32.1. The lowest BCUT2D eigenvalue weighted by atomic mass is 10.3. The molecule has 2 aromatic rings. The molecule has 19 heavy (non-hydrogen) atoms. The van der Waals surface area contributed by atoms with Gasteiger partial charge in [-0.1, -0.05) is 12.1 Å². The molecule has 2 N–H and O–H groups in total. The van der Waals surface area contributed by atoms with Gasteiger partial charge in [0.2, 0.25) is 5.91 Å². The van der Waals surface area contributed by atoms with Crippen LogP contribution in [0, 0.1) is 0 Å². The molecule has 0 aliphatic rings. The summed E-state index contributed by atoms with van der Waals surface area (Å²) in [4.78, 5) is 24.9. The molecular formula is C13H14N2O2S2. The van der Waals surface area contributed by atoms with Crippen LogP contribution in [0.5, 0.6) is 0 Å². The lowest BCUT2D eigenvalue weighted by Gasteiger charge is -2.05. The van der Waals surface area contributed by atoms with Gasteiger partial charge in [-0.15, -0.1) is 22.7 Å². The van der Waals surface area contributed by atoms with Crippen LogP contribution < -0.4 is 10.6 Å². The fraction of sp³-hybridized carbons (Fsp3) is 0.231. The summed E-state index contributed by atoms with van der Waals surface area (Å²) in [6.45, 7) is 0.905. The number of carbonyl (C=O) groups is 2. The van der Waals surface area contributed by atoms with E-state index in [9.17, 15) is 9.59 Å². The van der Waals surface area contributed by atoms with E-state index in [0.29, 0.717) is 24.4 Å². The van der Waals surface area contributed by atoms with Gasteiger partial charge in [0.05, 0.1) is 11.4 Å². The van der Waals surface area contributed by atoms with Crippen molar-refractivity contribution in [3.63, 3.8) is 0 Å². The van der Waals surface area contributed by atoms with Gasteiger partial charge in [0.15, 0.2) is 0 Å². The molecule has 0 radical (unpaired) electrons. The summed E-state index contributed by atoms with van der Waals surface area (Å²) in [5.74, 6) is -0.180. The predicted molar refractivity (Wildman–Crippen MR) is 77.4 cm³/mol. The molecule has 0 saturated carbocycles. The summed E-state index contributed by atoms with van der Waals surface area (Å²) in [5, 5.41) is 9.36. The zero-order valence-electron chi connectivity index (χ0n) is 10.2. The molecule has 2 amide bonds. The van der Waals surface area contributed by atoms with E-state index in [0.717, 1.165) is 4.88 Å². The first-order valence-corrected chi connectivity index (χ1v) is 7.62. The Bertz CT molecular complexity index is 521. The molecule has 0 saturated heterocycles. The van der Waals surface area contributed by atoms with Crippen LogP contribution in [0.1, 0.15) is 21.0 Å². The fourth-order valence-electron chi connectivity index (χ4n) is 1.47. The average Bonchev–Trinajstić information content (AvgIpc) is 3.09. The van der Waals surface area contributed by atoms with E-state index in [2.05, 4.69) is 10.6 Å². The molecular weight excluding hydrogens is 280 g/mol. The summed E-state index contributed by atoms with van der Waals surface area (Å²) in [6.07, 6.45) is 0.294. The van der Waals surface area contributed by atoms with Crippen molar-refractivity contribution in [2.24, 2.45) is 0 Å². The largest absolute Gasteiger partial charge is 0.351 e.